The summed E-state index contributed by atoms with van der Waals surface area (Å²) in [4.78, 5) is 23.3. The first-order chi connectivity index (χ1) is 10.1. The Hall–Kier alpha value is -1.73. The van der Waals surface area contributed by atoms with Crippen molar-refractivity contribution in [1.82, 2.24) is 5.32 Å². The predicted octanol–water partition coefficient (Wildman–Crippen LogP) is 1.39. The molecule has 1 rings (SSSR count). The van der Waals surface area contributed by atoms with E-state index in [-0.39, 0.29) is 18.2 Å². The van der Waals surface area contributed by atoms with Gasteiger partial charge in [-0.3, -0.25) is 4.79 Å². The highest BCUT2D eigenvalue weighted by Crippen LogP contribution is 2.21. The molecule has 0 heterocycles. The van der Waals surface area contributed by atoms with Crippen molar-refractivity contribution in [2.75, 3.05) is 26.0 Å². The first-order valence-electron chi connectivity index (χ1n) is 6.44. The fourth-order valence-corrected chi connectivity index (χ4v) is 2.21. The zero-order chi connectivity index (χ0) is 15.7. The quantitative estimate of drug-likeness (QED) is 0.670. The Bertz CT molecular complexity index is 463. The molecule has 7 heteroatoms. The number of hydrogen-bond donors (Lipinski definition) is 2. The average molecular weight is 313 g/mol. The molecular formula is C14H19NO5S. The van der Waals surface area contributed by atoms with Crippen LogP contribution in [0.25, 0.3) is 0 Å². The Morgan fingerprint density at radius 2 is 2.00 bits per heavy atom. The molecule has 0 spiro atoms. The van der Waals surface area contributed by atoms with Crippen LogP contribution < -0.4 is 10.1 Å². The van der Waals surface area contributed by atoms with Crippen molar-refractivity contribution < 1.29 is 24.2 Å². The number of rotatable bonds is 9. The van der Waals surface area contributed by atoms with E-state index in [0.29, 0.717) is 6.61 Å². The minimum absolute atomic E-state index is 0.0471. The molecule has 0 aliphatic rings. The predicted molar refractivity (Wildman–Crippen MR) is 79.8 cm³/mol. The van der Waals surface area contributed by atoms with Gasteiger partial charge in [0.15, 0.2) is 6.10 Å². The molecule has 1 unspecified atom stereocenters. The van der Waals surface area contributed by atoms with Crippen molar-refractivity contribution in [3.63, 3.8) is 0 Å². The van der Waals surface area contributed by atoms with Gasteiger partial charge in [0.25, 0.3) is 0 Å². The number of amides is 1. The van der Waals surface area contributed by atoms with E-state index in [2.05, 4.69) is 5.32 Å². The van der Waals surface area contributed by atoms with E-state index in [0.717, 1.165) is 10.6 Å². The zero-order valence-corrected chi connectivity index (χ0v) is 12.8. The van der Waals surface area contributed by atoms with Crippen LogP contribution in [0.3, 0.4) is 0 Å². The molecule has 1 amide bonds. The van der Waals surface area contributed by atoms with E-state index in [4.69, 9.17) is 14.6 Å². The summed E-state index contributed by atoms with van der Waals surface area (Å²) in [6.07, 6.45) is -1.02. The van der Waals surface area contributed by atoms with Crippen LogP contribution in [-0.2, 0) is 14.3 Å². The number of ether oxygens (including phenoxy) is 2. The van der Waals surface area contributed by atoms with Gasteiger partial charge in [0, 0.05) is 12.0 Å². The number of carbonyl (C=O) groups is 2. The van der Waals surface area contributed by atoms with E-state index < -0.39 is 12.1 Å². The maximum atomic E-state index is 11.6. The molecule has 1 aromatic carbocycles. The zero-order valence-electron chi connectivity index (χ0n) is 12.0. The van der Waals surface area contributed by atoms with E-state index in [1.54, 1.807) is 0 Å². The third kappa shape index (κ3) is 6.50. The summed E-state index contributed by atoms with van der Waals surface area (Å²) >= 11 is 1.37. The molecule has 1 atom stereocenters. The van der Waals surface area contributed by atoms with Gasteiger partial charge in [-0.2, -0.15) is 0 Å². The summed E-state index contributed by atoms with van der Waals surface area (Å²) in [7, 11) is 1.29. The van der Waals surface area contributed by atoms with E-state index in [9.17, 15) is 9.59 Å². The Balaban J connectivity index is 2.34. The van der Waals surface area contributed by atoms with Crippen LogP contribution in [0.1, 0.15) is 6.92 Å². The van der Waals surface area contributed by atoms with Crippen molar-refractivity contribution in [3.8, 4) is 5.75 Å². The van der Waals surface area contributed by atoms with E-state index in [1.165, 1.54) is 18.9 Å². The number of benzene rings is 1. The van der Waals surface area contributed by atoms with Crippen LogP contribution in [0.2, 0.25) is 0 Å². The second-order valence-corrected chi connectivity index (χ2v) is 5.11. The Labute approximate surface area is 127 Å². The van der Waals surface area contributed by atoms with Crippen molar-refractivity contribution >= 4 is 23.6 Å². The van der Waals surface area contributed by atoms with Crippen molar-refractivity contribution in [2.24, 2.45) is 0 Å². The highest BCUT2D eigenvalue weighted by atomic mass is 32.2. The van der Waals surface area contributed by atoms with Crippen LogP contribution in [-0.4, -0.2) is 49.1 Å². The van der Waals surface area contributed by atoms with Gasteiger partial charge in [-0.15, -0.1) is 11.8 Å². The lowest BCUT2D eigenvalue weighted by atomic mass is 10.3. The molecule has 0 radical (unpaired) electrons. The maximum Gasteiger partial charge on any atom is 0.334 e. The number of carboxylic acid groups (broad SMARTS) is 1. The first-order valence-corrected chi connectivity index (χ1v) is 7.43. The molecule has 6 nitrogen and oxygen atoms in total. The summed E-state index contributed by atoms with van der Waals surface area (Å²) in [5.41, 5.74) is 0. The molecule has 116 valence electrons. The lowest BCUT2D eigenvalue weighted by Crippen LogP contribution is -2.38. The first kappa shape index (κ1) is 17.3. The number of aliphatic carboxylic acids is 1. The SMILES string of the molecule is CCOc1ccc(SCC(=O)NCC(OC)C(=O)O)cc1. The van der Waals surface area contributed by atoms with Gasteiger partial charge in [0.05, 0.1) is 18.9 Å². The third-order valence-electron chi connectivity index (χ3n) is 2.55. The second-order valence-electron chi connectivity index (χ2n) is 4.06. The maximum absolute atomic E-state index is 11.6. The van der Waals surface area contributed by atoms with Crippen LogP contribution in [0.4, 0.5) is 0 Å². The van der Waals surface area contributed by atoms with Gasteiger partial charge in [0.2, 0.25) is 5.91 Å². The van der Waals surface area contributed by atoms with Crippen LogP contribution in [0.5, 0.6) is 5.75 Å². The fraction of sp³-hybridized carbons (Fsp3) is 0.429. The van der Waals surface area contributed by atoms with E-state index >= 15 is 0 Å². The summed E-state index contributed by atoms with van der Waals surface area (Å²) in [6, 6.07) is 7.43. The number of carbonyl (C=O) groups excluding carboxylic acids is 1. The molecule has 21 heavy (non-hydrogen) atoms. The Morgan fingerprint density at radius 3 is 2.52 bits per heavy atom. The highest BCUT2D eigenvalue weighted by molar-refractivity contribution is 8.00. The number of carboxylic acids is 1. The van der Waals surface area contributed by atoms with E-state index in [1.807, 2.05) is 31.2 Å². The molecule has 0 aliphatic heterocycles. The third-order valence-corrected chi connectivity index (χ3v) is 3.56. The molecule has 0 saturated heterocycles. The van der Waals surface area contributed by atoms with Gasteiger partial charge in [0.1, 0.15) is 5.75 Å². The number of thioether (sulfide) groups is 1. The molecule has 0 saturated carbocycles. The largest absolute Gasteiger partial charge is 0.494 e. The van der Waals surface area contributed by atoms with Gasteiger partial charge < -0.3 is 19.9 Å². The normalized spacial score (nSPS) is 11.7. The van der Waals surface area contributed by atoms with Gasteiger partial charge in [-0.25, -0.2) is 4.79 Å². The van der Waals surface area contributed by atoms with Crippen LogP contribution >= 0.6 is 11.8 Å². The summed E-state index contributed by atoms with van der Waals surface area (Å²) in [5.74, 6) is -0.339. The molecule has 0 fully saturated rings. The lowest BCUT2D eigenvalue weighted by Gasteiger charge is -2.11. The fourth-order valence-electron chi connectivity index (χ4n) is 1.48. The van der Waals surface area contributed by atoms with Crippen molar-refractivity contribution in [1.29, 1.82) is 0 Å². The number of hydrogen-bond acceptors (Lipinski definition) is 5. The van der Waals surface area contributed by atoms with Crippen molar-refractivity contribution in [2.45, 2.75) is 17.9 Å². The summed E-state index contributed by atoms with van der Waals surface area (Å²) in [5, 5.41) is 11.3. The lowest BCUT2D eigenvalue weighted by molar-refractivity contribution is -0.148. The Kier molecular flexibility index (Phi) is 7.63. The minimum atomic E-state index is -1.10. The van der Waals surface area contributed by atoms with Gasteiger partial charge in [-0.05, 0) is 31.2 Å². The molecular weight excluding hydrogens is 294 g/mol. The number of methoxy groups -OCH3 is 1. The van der Waals surface area contributed by atoms with Gasteiger partial charge in [-0.1, -0.05) is 0 Å². The summed E-state index contributed by atoms with van der Waals surface area (Å²) in [6.45, 7) is 2.48. The van der Waals surface area contributed by atoms with Crippen molar-refractivity contribution in [3.05, 3.63) is 24.3 Å². The van der Waals surface area contributed by atoms with Crippen LogP contribution in [0, 0.1) is 0 Å². The molecule has 0 bridgehead atoms. The molecule has 0 aromatic heterocycles. The van der Waals surface area contributed by atoms with Gasteiger partial charge >= 0.3 is 5.97 Å². The average Bonchev–Trinajstić information content (AvgIpc) is 2.47. The smallest absolute Gasteiger partial charge is 0.334 e. The summed E-state index contributed by atoms with van der Waals surface area (Å²) < 4.78 is 10.1. The minimum Gasteiger partial charge on any atom is -0.494 e. The standard InChI is InChI=1S/C14H19NO5S/c1-3-20-10-4-6-11(7-5-10)21-9-13(16)15-8-12(19-2)14(17)18/h4-7,12H,3,8-9H2,1-2H3,(H,15,16)(H,17,18). The monoisotopic (exact) mass is 313 g/mol. The second kappa shape index (κ2) is 9.25. The number of nitrogens with one attached hydrogen (secondary N) is 1. The molecule has 0 aliphatic carbocycles. The Morgan fingerprint density at radius 1 is 1.33 bits per heavy atom. The van der Waals surface area contributed by atoms with Crippen LogP contribution in [0.15, 0.2) is 29.2 Å². The topological polar surface area (TPSA) is 84.9 Å². The highest BCUT2D eigenvalue weighted by Gasteiger charge is 2.16. The molecule has 1 aromatic rings. The molecule has 2 N–H and O–H groups in total.